The maximum absolute atomic E-state index is 14.0. The molecule has 5 aliphatic heterocycles. The lowest BCUT2D eigenvalue weighted by atomic mass is 10.1. The summed E-state index contributed by atoms with van der Waals surface area (Å²) < 4.78 is 155. The smallest absolute Gasteiger partial charge is 0.387 e. The van der Waals surface area contributed by atoms with E-state index in [4.69, 9.17) is 14.2 Å². The maximum Gasteiger partial charge on any atom is 0.387 e. The lowest BCUT2D eigenvalue weighted by Gasteiger charge is -2.33. The number of benzene rings is 5. The molecule has 15 aromatic rings. The van der Waals surface area contributed by atoms with Gasteiger partial charge in [-0.05, 0) is 177 Å². The summed E-state index contributed by atoms with van der Waals surface area (Å²) in [5.41, 5.74) is 10.6. The second-order valence-electron chi connectivity index (χ2n) is 33.4. The number of phenolic OH excluding ortho intramolecular Hbond substituents is 2. The van der Waals surface area contributed by atoms with Crippen LogP contribution in [0.1, 0.15) is 13.8 Å². The molecule has 15 heterocycles. The second-order valence-corrected chi connectivity index (χ2v) is 33.4. The van der Waals surface area contributed by atoms with E-state index in [1.54, 1.807) is 77.7 Å². The summed E-state index contributed by atoms with van der Waals surface area (Å²) in [5, 5.41) is 36.0. The highest BCUT2D eigenvalue weighted by molar-refractivity contribution is 5.74. The second kappa shape index (κ2) is 45.1. The van der Waals surface area contributed by atoms with Gasteiger partial charge in [0.25, 0.3) is 27.8 Å². The van der Waals surface area contributed by atoms with Gasteiger partial charge in [-0.2, -0.15) is 35.1 Å². The highest BCUT2D eigenvalue weighted by Gasteiger charge is 2.25. The van der Waals surface area contributed by atoms with Crippen LogP contribution in [-0.2, 0) is 0 Å². The van der Waals surface area contributed by atoms with Crippen molar-refractivity contribution in [3.8, 4) is 108 Å². The summed E-state index contributed by atoms with van der Waals surface area (Å²) in [7, 11) is 4.16. The highest BCUT2D eigenvalue weighted by Crippen LogP contribution is 2.39. The van der Waals surface area contributed by atoms with E-state index in [2.05, 4.69) is 104 Å². The van der Waals surface area contributed by atoms with Crippen molar-refractivity contribution in [3.63, 3.8) is 0 Å². The molecule has 0 aliphatic carbocycles. The number of rotatable bonds is 21. The quantitative estimate of drug-likeness (QED) is 0.0329. The molecule has 0 spiro atoms. The molecule has 5 fully saturated rings. The van der Waals surface area contributed by atoms with Crippen LogP contribution in [-0.4, -0.2) is 230 Å². The van der Waals surface area contributed by atoms with Crippen LogP contribution in [0.4, 0.5) is 68.0 Å². The normalized spacial score (nSPS) is 15.5. The number of phenols is 2. The Labute approximate surface area is 804 Å². The van der Waals surface area contributed by atoms with Crippen molar-refractivity contribution >= 4 is 56.5 Å². The Morgan fingerprint density at radius 1 is 0.303 bits per heavy atom. The first kappa shape index (κ1) is 99.4. The van der Waals surface area contributed by atoms with Gasteiger partial charge in [0.1, 0.15) is 22.6 Å². The van der Waals surface area contributed by atoms with E-state index in [1.807, 2.05) is 48.7 Å². The molecule has 5 saturated heterocycles. The van der Waals surface area contributed by atoms with Crippen molar-refractivity contribution in [3.05, 3.63) is 277 Å². The number of piperazine rings is 5. The molecule has 742 valence electrons. The maximum atomic E-state index is 14.0. The molecule has 20 rings (SSSR count). The molecule has 0 amide bonds. The van der Waals surface area contributed by atoms with Gasteiger partial charge < -0.3 is 94.5 Å². The van der Waals surface area contributed by atoms with Gasteiger partial charge >= 0.3 is 26.4 Å². The summed E-state index contributed by atoms with van der Waals surface area (Å²) in [5.74, 6) is -1.72. The van der Waals surface area contributed by atoms with Gasteiger partial charge in [-0.3, -0.25) is 46.0 Å². The number of anilines is 5. The van der Waals surface area contributed by atoms with Gasteiger partial charge in [-0.15, -0.1) is 0 Å². The molecular formula is C100H100F9N19O14. The molecule has 42 heteroatoms. The number of fused-ring (bicyclic) bond motifs is 5. The lowest BCUT2D eigenvalue weighted by molar-refractivity contribution is -0.0518. The van der Waals surface area contributed by atoms with Crippen LogP contribution in [0.2, 0.25) is 0 Å². The predicted octanol–water partition coefficient (Wildman–Crippen LogP) is 12.2. The topological polar surface area (TPSA) is 340 Å². The number of alkyl halides is 8. The summed E-state index contributed by atoms with van der Waals surface area (Å²) in [6, 6.07) is 49.9. The third kappa shape index (κ3) is 24.1. The van der Waals surface area contributed by atoms with Gasteiger partial charge in [0.2, 0.25) is 0 Å². The third-order valence-corrected chi connectivity index (χ3v) is 24.1. The van der Waals surface area contributed by atoms with Gasteiger partial charge in [0.05, 0.1) is 72.5 Å². The predicted molar refractivity (Wildman–Crippen MR) is 521 cm³/mol. The Balaban J connectivity index is 0.000000128. The molecule has 0 radical (unpaired) electrons. The van der Waals surface area contributed by atoms with Crippen molar-refractivity contribution in [1.82, 2.24) is 68.5 Å². The zero-order chi connectivity index (χ0) is 99.9. The first-order chi connectivity index (χ1) is 68.5. The van der Waals surface area contributed by atoms with Crippen LogP contribution in [0.25, 0.3) is 84.3 Å². The van der Waals surface area contributed by atoms with Crippen LogP contribution in [0.5, 0.6) is 51.7 Å². The van der Waals surface area contributed by atoms with E-state index >= 15 is 0 Å². The SMILES string of the molecule is COc1ccc(-c2cc(=O)n3cc(N4CCNCC4)ccc3c2)cc1F.COc1ccc(-c2cc(=O)n3cc(N4CCNCC4)ccc3n2)cc1OC(F)F.COc1ccc(-c2cc(=O)n3cc(N4CCN[C@@H](C)C4)ccc3n2)cc1OC(F)F.C[C@H]1CN(c2ccc3nc(-c4ccc(O)c(OC(F)F)c4)cc(=O)n3c2)CCN1.O=c1cc(-c2ccc(O)c(OC(F)F)c2)nc2ccc(N3CCNCC3)cn12. The monoisotopic (exact) mass is 1960 g/mol. The van der Waals surface area contributed by atoms with E-state index in [0.717, 1.165) is 152 Å². The van der Waals surface area contributed by atoms with Crippen molar-refractivity contribution in [2.75, 3.05) is 164 Å². The fourth-order valence-corrected chi connectivity index (χ4v) is 17.0. The van der Waals surface area contributed by atoms with Crippen molar-refractivity contribution in [2.24, 2.45) is 0 Å². The molecule has 142 heavy (non-hydrogen) atoms. The number of ether oxygens (including phenoxy) is 7. The standard InChI is InChI=1S/C21H22F2N4O3.2C20H20F2N4O3.C20H20FN3O2.C19H18F2N4O3/c1-13-11-26(8-7-24-13)15-4-6-19-25-16(10-20(28)27(19)12-15)14-3-5-17(29-2)18(9-14)30-21(22)23;1-28-16-4-2-13(10-17(16)29-20(21)22)15-11-19(27)26-12-14(3-5-18(26)24-15)25-8-6-23-7-9-25;1-12-10-25(7-6-23-12)14-3-5-18-24-15(9-19(28)26(18)11-14)13-2-4-16(27)17(8-13)29-20(21)22;1-26-19-5-2-14(11-18(19)21)15-10-16-3-4-17(13-24(16)20(25)12-15)23-8-6-22-7-9-23;20-19(21)28-16-9-12(1-3-15(16)26)14-10-18(27)25-11-13(2-4-17(25)23-14)24-7-5-22-6-8-24/h3-6,9-10,12-13,21,24H,7-8,11H2,1-2H3;2-5,10-12,20,23H,6-9H2,1H3;2-5,8-9,11-12,20,23,27H,6-7,10H2,1H3;2-5,10-13,22H,6-9H2,1H3;1-4,9-11,19,22,26H,5-8H2/t13-;;12-;;/m0.0../s1. The van der Waals surface area contributed by atoms with Crippen molar-refractivity contribution in [1.29, 1.82) is 0 Å². The Morgan fingerprint density at radius 3 is 0.923 bits per heavy atom. The molecular weight excluding hydrogens is 1860 g/mol. The minimum atomic E-state index is -3.07. The number of hydrogen-bond donors (Lipinski definition) is 7. The van der Waals surface area contributed by atoms with Crippen LogP contribution >= 0.6 is 0 Å². The number of hydrogen-bond acceptors (Lipinski definition) is 28. The molecule has 2 atom stereocenters. The Morgan fingerprint density at radius 2 is 0.592 bits per heavy atom. The Bertz CT molecular complexity index is 7370. The average molecular weight is 1960 g/mol. The molecule has 10 aromatic heterocycles. The average Bonchev–Trinajstić information content (AvgIpc) is 0.793. The van der Waals surface area contributed by atoms with E-state index in [0.29, 0.717) is 90.8 Å². The third-order valence-electron chi connectivity index (χ3n) is 24.1. The molecule has 0 saturated carbocycles. The number of nitrogens with one attached hydrogen (secondary N) is 5. The van der Waals surface area contributed by atoms with Crippen LogP contribution in [0.3, 0.4) is 0 Å². The number of pyridine rings is 6. The zero-order valence-corrected chi connectivity index (χ0v) is 77.4. The molecule has 0 unspecified atom stereocenters. The summed E-state index contributed by atoms with van der Waals surface area (Å²) >= 11 is 0. The van der Waals surface area contributed by atoms with Crippen LogP contribution in [0, 0.1) is 5.82 Å². The minimum Gasteiger partial charge on any atom is -0.504 e. The molecule has 5 aromatic carbocycles. The van der Waals surface area contributed by atoms with Gasteiger partial charge in [-0.25, -0.2) is 24.3 Å². The first-order valence-corrected chi connectivity index (χ1v) is 45.4. The number of halogens is 9. The molecule has 33 nitrogen and oxygen atoms in total. The van der Waals surface area contributed by atoms with E-state index < -0.39 is 43.8 Å². The van der Waals surface area contributed by atoms with E-state index in [9.17, 15) is 73.7 Å². The summed E-state index contributed by atoms with van der Waals surface area (Å²) in [4.78, 5) is 92.5. The first-order valence-electron chi connectivity index (χ1n) is 45.4. The highest BCUT2D eigenvalue weighted by atomic mass is 19.3. The Hall–Kier alpha value is -15.7. The number of methoxy groups -OCH3 is 3. The zero-order valence-electron chi connectivity index (χ0n) is 77.4. The molecule has 0 bridgehead atoms. The van der Waals surface area contributed by atoms with Crippen LogP contribution in [0.15, 0.2) is 243 Å². The van der Waals surface area contributed by atoms with E-state index in [-0.39, 0.29) is 68.0 Å². The number of aromatic hydroxyl groups is 2. The largest absolute Gasteiger partial charge is 0.504 e. The van der Waals surface area contributed by atoms with Crippen LogP contribution < -0.4 is 112 Å². The fourth-order valence-electron chi connectivity index (χ4n) is 17.0. The van der Waals surface area contributed by atoms with Crippen molar-refractivity contribution in [2.45, 2.75) is 52.4 Å². The summed E-state index contributed by atoms with van der Waals surface area (Å²) in [6.07, 6.45) is 8.95. The minimum absolute atomic E-state index is 0.115. The lowest BCUT2D eigenvalue weighted by Crippen LogP contribution is -2.49. The Kier molecular flexibility index (Phi) is 31.5. The summed E-state index contributed by atoms with van der Waals surface area (Å²) in [6.45, 7) is 7.96. The number of aromatic nitrogens is 9. The molecule has 7 N–H and O–H groups in total. The van der Waals surface area contributed by atoms with Gasteiger partial charge in [0, 0.05) is 219 Å². The molecule has 5 aliphatic rings. The number of nitrogens with zero attached hydrogens (tertiary/aromatic N) is 14. The van der Waals surface area contributed by atoms with Gasteiger partial charge in [0.15, 0.2) is 57.6 Å². The van der Waals surface area contributed by atoms with E-state index in [1.165, 1.54) is 136 Å². The van der Waals surface area contributed by atoms with Crippen molar-refractivity contribution < 1.29 is 82.9 Å². The van der Waals surface area contributed by atoms with Gasteiger partial charge in [-0.1, -0.05) is 6.07 Å². The fraction of sp³-hybridized carbons (Fsp3) is 0.290.